The smallest absolute Gasteiger partial charge is 0.273 e. The number of nitro groups is 1. The molecule has 108 valence electrons. The number of nitrogens with one attached hydrogen (secondary N) is 1. The first-order valence-electron chi connectivity index (χ1n) is 6.25. The van der Waals surface area contributed by atoms with E-state index in [4.69, 9.17) is 0 Å². The number of aromatic hydroxyl groups is 1. The highest BCUT2D eigenvalue weighted by atomic mass is 16.6. The molecule has 0 aromatic heterocycles. The summed E-state index contributed by atoms with van der Waals surface area (Å²) in [6, 6.07) is 9.09. The Morgan fingerprint density at radius 1 is 1.24 bits per heavy atom. The Morgan fingerprint density at radius 2 is 1.95 bits per heavy atom. The number of phenols is 1. The molecule has 0 fully saturated rings. The predicted molar refractivity (Wildman–Crippen MR) is 78.6 cm³/mol. The first kappa shape index (κ1) is 14.5. The molecule has 0 aliphatic rings. The average Bonchev–Trinajstić information content (AvgIpc) is 2.42. The van der Waals surface area contributed by atoms with E-state index in [2.05, 4.69) is 5.32 Å². The first-order chi connectivity index (χ1) is 9.90. The molecular weight excluding hydrogens is 272 g/mol. The van der Waals surface area contributed by atoms with Gasteiger partial charge in [0.05, 0.1) is 4.92 Å². The quantitative estimate of drug-likeness (QED) is 0.669. The zero-order valence-corrected chi connectivity index (χ0v) is 11.6. The normalized spacial score (nSPS) is 10.2. The Hall–Kier alpha value is -2.89. The standard InChI is InChI=1S/C15H14N2O4/c1-9-6-7-11(8-14(9)18)16-15(19)12-4-3-5-13(10(12)2)17(20)21/h3-8,18H,1-2H3,(H,16,19). The van der Waals surface area contributed by atoms with E-state index < -0.39 is 10.8 Å². The van der Waals surface area contributed by atoms with Crippen LogP contribution in [0.1, 0.15) is 21.5 Å². The van der Waals surface area contributed by atoms with Crippen LogP contribution in [-0.2, 0) is 0 Å². The van der Waals surface area contributed by atoms with Gasteiger partial charge in [0.1, 0.15) is 5.75 Å². The van der Waals surface area contributed by atoms with Crippen molar-refractivity contribution in [2.75, 3.05) is 5.32 Å². The number of nitro benzene ring substituents is 1. The molecule has 0 spiro atoms. The Balaban J connectivity index is 2.30. The molecule has 2 N–H and O–H groups in total. The number of hydrogen-bond donors (Lipinski definition) is 2. The molecule has 0 heterocycles. The number of rotatable bonds is 3. The van der Waals surface area contributed by atoms with Crippen molar-refractivity contribution in [2.45, 2.75) is 13.8 Å². The number of benzene rings is 2. The van der Waals surface area contributed by atoms with Gasteiger partial charge in [0.25, 0.3) is 11.6 Å². The molecule has 1 amide bonds. The van der Waals surface area contributed by atoms with Gasteiger partial charge in [-0.2, -0.15) is 0 Å². The lowest BCUT2D eigenvalue weighted by atomic mass is 10.1. The molecule has 6 nitrogen and oxygen atoms in total. The van der Waals surface area contributed by atoms with Crippen molar-refractivity contribution in [1.82, 2.24) is 0 Å². The predicted octanol–water partition coefficient (Wildman–Crippen LogP) is 3.17. The van der Waals surface area contributed by atoms with E-state index >= 15 is 0 Å². The van der Waals surface area contributed by atoms with Crippen molar-refractivity contribution in [3.63, 3.8) is 0 Å². The molecule has 2 rings (SSSR count). The fraction of sp³-hybridized carbons (Fsp3) is 0.133. The largest absolute Gasteiger partial charge is 0.508 e. The van der Waals surface area contributed by atoms with Gasteiger partial charge in [0.15, 0.2) is 0 Å². The Kier molecular flexibility index (Phi) is 3.89. The highest BCUT2D eigenvalue weighted by Gasteiger charge is 2.18. The van der Waals surface area contributed by atoms with Crippen LogP contribution in [-0.4, -0.2) is 15.9 Å². The maximum atomic E-state index is 12.2. The molecule has 2 aromatic carbocycles. The summed E-state index contributed by atoms with van der Waals surface area (Å²) in [5, 5.41) is 23.1. The number of phenolic OH excluding ortho intramolecular Hbond substituents is 1. The number of carbonyl (C=O) groups excluding carboxylic acids is 1. The summed E-state index contributed by atoms with van der Waals surface area (Å²) in [5.41, 5.74) is 1.54. The van der Waals surface area contributed by atoms with Gasteiger partial charge in [-0.25, -0.2) is 0 Å². The number of anilines is 1. The Morgan fingerprint density at radius 3 is 2.57 bits per heavy atom. The van der Waals surface area contributed by atoms with Gasteiger partial charge in [-0.15, -0.1) is 0 Å². The van der Waals surface area contributed by atoms with E-state index in [9.17, 15) is 20.0 Å². The molecule has 0 bridgehead atoms. The summed E-state index contributed by atoms with van der Waals surface area (Å²) >= 11 is 0. The van der Waals surface area contributed by atoms with E-state index in [1.54, 1.807) is 19.1 Å². The van der Waals surface area contributed by atoms with Crippen molar-refractivity contribution < 1.29 is 14.8 Å². The molecule has 6 heteroatoms. The van der Waals surface area contributed by atoms with Crippen LogP contribution in [0, 0.1) is 24.0 Å². The average molecular weight is 286 g/mol. The SMILES string of the molecule is Cc1ccc(NC(=O)c2cccc([N+](=O)[O-])c2C)cc1O. The van der Waals surface area contributed by atoms with Crippen molar-refractivity contribution in [3.05, 3.63) is 63.2 Å². The molecule has 0 saturated carbocycles. The van der Waals surface area contributed by atoms with Gasteiger partial charge in [-0.05, 0) is 31.5 Å². The number of carbonyl (C=O) groups is 1. The third-order valence-electron chi connectivity index (χ3n) is 3.21. The number of amides is 1. The lowest BCUT2D eigenvalue weighted by Crippen LogP contribution is -2.14. The third kappa shape index (κ3) is 3.00. The molecule has 21 heavy (non-hydrogen) atoms. The van der Waals surface area contributed by atoms with Gasteiger partial charge in [-0.3, -0.25) is 14.9 Å². The van der Waals surface area contributed by atoms with Crippen LogP contribution in [0.3, 0.4) is 0 Å². The van der Waals surface area contributed by atoms with Crippen LogP contribution >= 0.6 is 0 Å². The van der Waals surface area contributed by atoms with Crippen LogP contribution in [0.25, 0.3) is 0 Å². The van der Waals surface area contributed by atoms with Gasteiger partial charge < -0.3 is 10.4 Å². The number of hydrogen-bond acceptors (Lipinski definition) is 4. The molecule has 0 aliphatic heterocycles. The minimum atomic E-state index is -0.524. The molecular formula is C15H14N2O4. The molecule has 0 aliphatic carbocycles. The lowest BCUT2D eigenvalue weighted by molar-refractivity contribution is -0.385. The summed E-state index contributed by atoms with van der Waals surface area (Å²) in [6.45, 7) is 3.27. The minimum absolute atomic E-state index is 0.0727. The van der Waals surface area contributed by atoms with E-state index in [1.807, 2.05) is 0 Å². The van der Waals surface area contributed by atoms with E-state index in [-0.39, 0.29) is 17.0 Å². The van der Waals surface area contributed by atoms with Crippen LogP contribution in [0.5, 0.6) is 5.75 Å². The van der Waals surface area contributed by atoms with Gasteiger partial charge in [0, 0.05) is 28.9 Å². The zero-order chi connectivity index (χ0) is 15.6. The van der Waals surface area contributed by atoms with Crippen molar-refractivity contribution in [2.24, 2.45) is 0 Å². The van der Waals surface area contributed by atoms with Gasteiger partial charge in [0.2, 0.25) is 0 Å². The maximum absolute atomic E-state index is 12.2. The van der Waals surface area contributed by atoms with Crippen LogP contribution in [0.15, 0.2) is 36.4 Å². The second-order valence-corrected chi connectivity index (χ2v) is 4.66. The molecule has 2 aromatic rings. The van der Waals surface area contributed by atoms with Crippen molar-refractivity contribution in [3.8, 4) is 5.75 Å². The fourth-order valence-electron chi connectivity index (χ4n) is 1.95. The van der Waals surface area contributed by atoms with Crippen molar-refractivity contribution >= 4 is 17.3 Å². The summed E-state index contributed by atoms with van der Waals surface area (Å²) in [7, 11) is 0. The molecule has 0 atom stereocenters. The van der Waals surface area contributed by atoms with Gasteiger partial charge >= 0.3 is 0 Å². The number of aryl methyl sites for hydroxylation is 1. The highest BCUT2D eigenvalue weighted by Crippen LogP contribution is 2.24. The third-order valence-corrected chi connectivity index (χ3v) is 3.21. The Labute approximate surface area is 121 Å². The van der Waals surface area contributed by atoms with Crippen molar-refractivity contribution in [1.29, 1.82) is 0 Å². The van der Waals surface area contributed by atoms with Gasteiger partial charge in [-0.1, -0.05) is 12.1 Å². The molecule has 0 radical (unpaired) electrons. The van der Waals surface area contributed by atoms with E-state index in [1.165, 1.54) is 31.2 Å². The monoisotopic (exact) mass is 286 g/mol. The summed E-state index contributed by atoms with van der Waals surface area (Å²) in [6.07, 6.45) is 0. The lowest BCUT2D eigenvalue weighted by Gasteiger charge is -2.09. The maximum Gasteiger partial charge on any atom is 0.273 e. The first-order valence-corrected chi connectivity index (χ1v) is 6.25. The molecule has 0 saturated heterocycles. The molecule has 0 unspecified atom stereocenters. The second-order valence-electron chi connectivity index (χ2n) is 4.66. The Bertz CT molecular complexity index is 726. The van der Waals surface area contributed by atoms with Crippen LogP contribution in [0.4, 0.5) is 11.4 Å². The minimum Gasteiger partial charge on any atom is -0.508 e. The summed E-state index contributed by atoms with van der Waals surface area (Å²) in [5.74, 6) is -0.386. The highest BCUT2D eigenvalue weighted by molar-refractivity contribution is 6.05. The second kappa shape index (κ2) is 5.62. The van der Waals surface area contributed by atoms with Crippen LogP contribution < -0.4 is 5.32 Å². The topological polar surface area (TPSA) is 92.5 Å². The zero-order valence-electron chi connectivity index (χ0n) is 11.6. The van der Waals surface area contributed by atoms with E-state index in [0.717, 1.165) is 0 Å². The van der Waals surface area contributed by atoms with Crippen LogP contribution in [0.2, 0.25) is 0 Å². The summed E-state index contributed by atoms with van der Waals surface area (Å²) < 4.78 is 0. The number of nitrogens with zero attached hydrogens (tertiary/aromatic N) is 1. The summed E-state index contributed by atoms with van der Waals surface area (Å²) in [4.78, 5) is 22.5. The fourth-order valence-corrected chi connectivity index (χ4v) is 1.95. The van der Waals surface area contributed by atoms with E-state index in [0.29, 0.717) is 16.8 Å².